The highest BCUT2D eigenvalue weighted by Crippen LogP contribution is 2.15. The second-order valence-electron chi connectivity index (χ2n) is 5.12. The Balaban J connectivity index is 1.86. The number of carbonyl (C=O) groups is 2. The first kappa shape index (κ1) is 17.5. The highest BCUT2D eigenvalue weighted by Gasteiger charge is 2.13. The van der Waals surface area contributed by atoms with Crippen LogP contribution in [0.15, 0.2) is 48.5 Å². The van der Waals surface area contributed by atoms with Crippen molar-refractivity contribution in [2.24, 2.45) is 5.73 Å². The largest absolute Gasteiger partial charge is 0.494 e. The number of carbonyl (C=O) groups excluding carboxylic acids is 2. The van der Waals surface area contributed by atoms with Gasteiger partial charge in [-0.15, -0.1) is 0 Å². The minimum atomic E-state index is -0.714. The molecule has 0 fully saturated rings. The van der Waals surface area contributed by atoms with Gasteiger partial charge in [-0.3, -0.25) is 9.59 Å². The molecule has 4 N–H and O–H groups in total. The van der Waals surface area contributed by atoms with Crippen molar-refractivity contribution in [3.05, 3.63) is 59.7 Å². The van der Waals surface area contributed by atoms with Crippen LogP contribution in [0.4, 0.5) is 5.69 Å². The van der Waals surface area contributed by atoms with E-state index < -0.39 is 11.8 Å². The van der Waals surface area contributed by atoms with Gasteiger partial charge in [0.05, 0.1) is 6.61 Å². The number of benzene rings is 2. The molecule has 0 radical (unpaired) electrons. The highest BCUT2D eigenvalue weighted by atomic mass is 16.5. The Morgan fingerprint density at radius 1 is 1.04 bits per heavy atom. The van der Waals surface area contributed by atoms with Crippen molar-refractivity contribution in [2.45, 2.75) is 20.0 Å². The number of nitrogens with two attached hydrogens (primary N) is 1. The lowest BCUT2D eigenvalue weighted by Crippen LogP contribution is -2.34. The van der Waals surface area contributed by atoms with E-state index in [1.165, 1.54) is 0 Å². The van der Waals surface area contributed by atoms with Crippen LogP contribution >= 0.6 is 0 Å². The molecule has 2 aromatic rings. The van der Waals surface area contributed by atoms with Crippen LogP contribution in [0.1, 0.15) is 18.1 Å². The molecule has 0 unspecified atom stereocenters. The average molecular weight is 327 g/mol. The molecule has 0 saturated carbocycles. The number of anilines is 1. The number of hydrogen-bond donors (Lipinski definition) is 3. The van der Waals surface area contributed by atoms with Gasteiger partial charge in [-0.25, -0.2) is 0 Å². The van der Waals surface area contributed by atoms with Crippen LogP contribution in [0.5, 0.6) is 5.75 Å². The van der Waals surface area contributed by atoms with Gasteiger partial charge in [0.25, 0.3) is 0 Å². The fraction of sp³-hybridized carbons (Fsp3) is 0.222. The summed E-state index contributed by atoms with van der Waals surface area (Å²) in [5, 5.41) is 5.13. The van der Waals surface area contributed by atoms with Crippen LogP contribution in [0.2, 0.25) is 0 Å². The molecule has 0 atom stereocenters. The maximum atomic E-state index is 11.9. The molecule has 24 heavy (non-hydrogen) atoms. The SMILES string of the molecule is CCOc1ccc(NC(=O)C(=O)NCc2cccc(CN)c2)cc1. The average Bonchev–Trinajstić information content (AvgIpc) is 2.61. The maximum Gasteiger partial charge on any atom is 0.313 e. The van der Waals surface area contributed by atoms with Crippen molar-refractivity contribution < 1.29 is 14.3 Å². The summed E-state index contributed by atoms with van der Waals surface area (Å²) in [6.07, 6.45) is 0. The summed E-state index contributed by atoms with van der Waals surface area (Å²) in [5.74, 6) is -0.698. The fourth-order valence-corrected chi connectivity index (χ4v) is 2.12. The number of amides is 2. The van der Waals surface area contributed by atoms with Crippen molar-refractivity contribution in [1.29, 1.82) is 0 Å². The quantitative estimate of drug-likeness (QED) is 0.705. The number of rotatable bonds is 6. The van der Waals surface area contributed by atoms with Gasteiger partial charge in [0.1, 0.15) is 5.75 Å². The third-order valence-corrected chi connectivity index (χ3v) is 3.31. The van der Waals surface area contributed by atoms with Crippen LogP contribution in [0.3, 0.4) is 0 Å². The molecule has 0 aliphatic carbocycles. The van der Waals surface area contributed by atoms with E-state index in [4.69, 9.17) is 10.5 Å². The highest BCUT2D eigenvalue weighted by molar-refractivity contribution is 6.39. The summed E-state index contributed by atoms with van der Waals surface area (Å²) < 4.78 is 5.32. The molecule has 6 nitrogen and oxygen atoms in total. The summed E-state index contributed by atoms with van der Waals surface area (Å²) in [4.78, 5) is 23.8. The van der Waals surface area contributed by atoms with E-state index in [0.29, 0.717) is 24.6 Å². The molecular formula is C18H21N3O3. The third-order valence-electron chi connectivity index (χ3n) is 3.31. The Morgan fingerprint density at radius 2 is 1.75 bits per heavy atom. The van der Waals surface area contributed by atoms with Gasteiger partial charge >= 0.3 is 11.8 Å². The molecular weight excluding hydrogens is 306 g/mol. The van der Waals surface area contributed by atoms with E-state index in [2.05, 4.69) is 10.6 Å². The van der Waals surface area contributed by atoms with E-state index in [1.807, 2.05) is 31.2 Å². The van der Waals surface area contributed by atoms with Crippen molar-refractivity contribution in [1.82, 2.24) is 5.32 Å². The van der Waals surface area contributed by atoms with Crippen LogP contribution in [0.25, 0.3) is 0 Å². The standard InChI is InChI=1S/C18H21N3O3/c1-2-24-16-8-6-15(7-9-16)21-18(23)17(22)20-12-14-5-3-4-13(10-14)11-19/h3-10H,2,11-12,19H2,1H3,(H,20,22)(H,21,23). The van der Waals surface area contributed by atoms with Gasteiger partial charge in [-0.2, -0.15) is 0 Å². The first-order chi connectivity index (χ1) is 11.6. The third kappa shape index (κ3) is 5.10. The van der Waals surface area contributed by atoms with E-state index in [1.54, 1.807) is 24.3 Å². The van der Waals surface area contributed by atoms with Crippen molar-refractivity contribution in [3.8, 4) is 5.75 Å². The minimum Gasteiger partial charge on any atom is -0.494 e. The molecule has 0 bridgehead atoms. The van der Waals surface area contributed by atoms with Crippen molar-refractivity contribution in [3.63, 3.8) is 0 Å². The zero-order valence-electron chi connectivity index (χ0n) is 13.5. The molecule has 0 spiro atoms. The van der Waals surface area contributed by atoms with E-state index in [9.17, 15) is 9.59 Å². The molecule has 0 aliphatic heterocycles. The first-order valence-electron chi connectivity index (χ1n) is 7.72. The number of nitrogens with one attached hydrogen (secondary N) is 2. The van der Waals surface area contributed by atoms with Crippen LogP contribution in [-0.2, 0) is 22.7 Å². The fourth-order valence-electron chi connectivity index (χ4n) is 2.12. The summed E-state index contributed by atoms with van der Waals surface area (Å²) in [5.41, 5.74) is 7.97. The Kier molecular flexibility index (Phi) is 6.33. The lowest BCUT2D eigenvalue weighted by molar-refractivity contribution is -0.136. The summed E-state index contributed by atoms with van der Waals surface area (Å²) >= 11 is 0. The zero-order valence-corrected chi connectivity index (χ0v) is 13.5. The molecule has 6 heteroatoms. The predicted molar refractivity (Wildman–Crippen MR) is 92.4 cm³/mol. The Bertz CT molecular complexity index is 699. The summed E-state index contributed by atoms with van der Waals surface area (Å²) in [6.45, 7) is 3.16. The van der Waals surface area contributed by atoms with Gasteiger partial charge in [0.2, 0.25) is 0 Å². The van der Waals surface area contributed by atoms with Gasteiger partial charge in [-0.1, -0.05) is 24.3 Å². The Labute approximate surface area is 141 Å². The Hall–Kier alpha value is -2.86. The molecule has 0 saturated heterocycles. The molecule has 2 aromatic carbocycles. The van der Waals surface area contributed by atoms with E-state index >= 15 is 0 Å². The molecule has 0 aliphatic rings. The van der Waals surface area contributed by atoms with Crippen molar-refractivity contribution in [2.75, 3.05) is 11.9 Å². The topological polar surface area (TPSA) is 93.4 Å². The molecule has 2 amide bonds. The summed E-state index contributed by atoms with van der Waals surface area (Å²) in [6, 6.07) is 14.4. The second-order valence-corrected chi connectivity index (χ2v) is 5.12. The van der Waals surface area contributed by atoms with E-state index in [-0.39, 0.29) is 6.54 Å². The number of hydrogen-bond acceptors (Lipinski definition) is 4. The maximum absolute atomic E-state index is 11.9. The van der Waals surface area contributed by atoms with Crippen LogP contribution in [-0.4, -0.2) is 18.4 Å². The van der Waals surface area contributed by atoms with Gasteiger partial charge in [-0.05, 0) is 42.3 Å². The molecule has 0 heterocycles. The monoisotopic (exact) mass is 327 g/mol. The Morgan fingerprint density at radius 3 is 2.42 bits per heavy atom. The molecule has 0 aromatic heterocycles. The number of ether oxygens (including phenoxy) is 1. The lowest BCUT2D eigenvalue weighted by atomic mass is 10.1. The summed E-state index contributed by atoms with van der Waals surface area (Å²) in [7, 11) is 0. The molecule has 126 valence electrons. The predicted octanol–water partition coefficient (Wildman–Crippen LogP) is 1.80. The zero-order chi connectivity index (χ0) is 17.4. The van der Waals surface area contributed by atoms with Crippen LogP contribution in [0, 0.1) is 0 Å². The first-order valence-corrected chi connectivity index (χ1v) is 7.72. The normalized spacial score (nSPS) is 10.1. The smallest absolute Gasteiger partial charge is 0.313 e. The molecule has 2 rings (SSSR count). The van der Waals surface area contributed by atoms with Gasteiger partial charge < -0.3 is 21.1 Å². The lowest BCUT2D eigenvalue weighted by Gasteiger charge is -2.08. The second kappa shape index (κ2) is 8.69. The van der Waals surface area contributed by atoms with E-state index in [0.717, 1.165) is 11.1 Å². The van der Waals surface area contributed by atoms with Gasteiger partial charge in [0, 0.05) is 18.8 Å². The minimum absolute atomic E-state index is 0.267. The van der Waals surface area contributed by atoms with Gasteiger partial charge in [0.15, 0.2) is 0 Å². The van der Waals surface area contributed by atoms with Crippen LogP contribution < -0.4 is 21.1 Å². The van der Waals surface area contributed by atoms with Crippen molar-refractivity contribution >= 4 is 17.5 Å².